The van der Waals surface area contributed by atoms with Gasteiger partial charge in [0.25, 0.3) is 5.91 Å². The number of nitrogens with two attached hydrogens (primary N) is 1. The first-order valence-electron chi connectivity index (χ1n) is 7.10. The molecule has 0 heterocycles. The molecule has 0 saturated carbocycles. The van der Waals surface area contributed by atoms with E-state index in [1.807, 2.05) is 32.0 Å². The lowest BCUT2D eigenvalue weighted by Gasteiger charge is -2.11. The van der Waals surface area contributed by atoms with Gasteiger partial charge in [0.15, 0.2) is 6.73 Å². The number of anilines is 1. The first kappa shape index (κ1) is 16.4. The molecule has 0 spiro atoms. The van der Waals surface area contributed by atoms with E-state index in [0.717, 1.165) is 11.1 Å². The maximum Gasteiger partial charge on any atom is 0.324 e. The Morgan fingerprint density at radius 3 is 2.43 bits per heavy atom. The van der Waals surface area contributed by atoms with E-state index < -0.39 is 11.9 Å². The lowest BCUT2D eigenvalue weighted by Crippen LogP contribution is -2.41. The first-order valence-corrected chi connectivity index (χ1v) is 7.10. The molecule has 0 saturated heterocycles. The highest BCUT2D eigenvalue weighted by Crippen LogP contribution is 2.18. The molecule has 2 rings (SSSR count). The fourth-order valence-corrected chi connectivity index (χ4v) is 1.99. The van der Waals surface area contributed by atoms with Crippen LogP contribution >= 0.6 is 0 Å². The third-order valence-corrected chi connectivity index (χ3v) is 3.19. The van der Waals surface area contributed by atoms with Crippen LogP contribution in [0.3, 0.4) is 0 Å². The van der Waals surface area contributed by atoms with Gasteiger partial charge in [-0.2, -0.15) is 0 Å². The van der Waals surface area contributed by atoms with Gasteiger partial charge in [-0.3, -0.25) is 10.1 Å². The maximum atomic E-state index is 11.8. The highest BCUT2D eigenvalue weighted by molar-refractivity contribution is 6.04. The number of hydrogen-bond acceptors (Lipinski definition) is 4. The highest BCUT2D eigenvalue weighted by atomic mass is 16.5. The molecule has 6 nitrogen and oxygen atoms in total. The standard InChI is InChI=1S/C17H19N3O3/c1-11-3-8-15(12(2)9-11)23-10-19-17(22)20-16(21)13-4-6-14(18)7-5-13/h3-9H,10,18H2,1-2H3,(H2,19,20,21,22). The molecule has 0 radical (unpaired) electrons. The molecule has 0 bridgehead atoms. The Labute approximate surface area is 134 Å². The molecule has 0 aliphatic heterocycles. The smallest absolute Gasteiger partial charge is 0.324 e. The lowest BCUT2D eigenvalue weighted by molar-refractivity contribution is 0.0962. The van der Waals surface area contributed by atoms with Crippen LogP contribution in [0.25, 0.3) is 0 Å². The van der Waals surface area contributed by atoms with E-state index in [4.69, 9.17) is 10.5 Å². The molecule has 0 atom stereocenters. The van der Waals surface area contributed by atoms with E-state index in [0.29, 0.717) is 17.0 Å². The summed E-state index contributed by atoms with van der Waals surface area (Å²) in [6.07, 6.45) is 0. The van der Waals surface area contributed by atoms with Crippen LogP contribution in [0, 0.1) is 13.8 Å². The van der Waals surface area contributed by atoms with Crippen LogP contribution < -0.4 is 21.1 Å². The molecule has 2 aromatic carbocycles. The van der Waals surface area contributed by atoms with Gasteiger partial charge in [-0.15, -0.1) is 0 Å². The van der Waals surface area contributed by atoms with Crippen molar-refractivity contribution >= 4 is 17.6 Å². The van der Waals surface area contributed by atoms with E-state index in [9.17, 15) is 9.59 Å². The summed E-state index contributed by atoms with van der Waals surface area (Å²) in [5, 5.41) is 4.68. The van der Waals surface area contributed by atoms with Gasteiger partial charge in [-0.25, -0.2) is 4.79 Å². The monoisotopic (exact) mass is 313 g/mol. The largest absolute Gasteiger partial charge is 0.473 e. The minimum absolute atomic E-state index is 0.0370. The van der Waals surface area contributed by atoms with Crippen LogP contribution in [0.1, 0.15) is 21.5 Å². The maximum absolute atomic E-state index is 11.8. The van der Waals surface area contributed by atoms with Crippen molar-refractivity contribution < 1.29 is 14.3 Å². The van der Waals surface area contributed by atoms with Crippen molar-refractivity contribution in [2.45, 2.75) is 13.8 Å². The van der Waals surface area contributed by atoms with E-state index >= 15 is 0 Å². The summed E-state index contributed by atoms with van der Waals surface area (Å²) in [6.45, 7) is 3.88. The summed E-state index contributed by atoms with van der Waals surface area (Å²) in [5.41, 5.74) is 8.55. The van der Waals surface area contributed by atoms with Crippen LogP contribution in [-0.2, 0) is 0 Å². The topological polar surface area (TPSA) is 93.5 Å². The molecule has 0 fully saturated rings. The Morgan fingerprint density at radius 2 is 1.78 bits per heavy atom. The van der Waals surface area contributed by atoms with E-state index in [1.54, 1.807) is 24.3 Å². The Hall–Kier alpha value is -3.02. The summed E-state index contributed by atoms with van der Waals surface area (Å²) in [4.78, 5) is 23.5. The second-order valence-corrected chi connectivity index (χ2v) is 5.14. The molecule has 2 aromatic rings. The molecule has 4 N–H and O–H groups in total. The number of nitrogen functional groups attached to an aromatic ring is 1. The molecule has 3 amide bonds. The average molecular weight is 313 g/mol. The van der Waals surface area contributed by atoms with Gasteiger partial charge in [-0.05, 0) is 49.7 Å². The van der Waals surface area contributed by atoms with Crippen molar-refractivity contribution in [2.24, 2.45) is 0 Å². The van der Waals surface area contributed by atoms with Crippen LogP contribution in [0.5, 0.6) is 5.75 Å². The summed E-state index contributed by atoms with van der Waals surface area (Å²) < 4.78 is 5.47. The Kier molecular flexibility index (Phi) is 5.19. The second kappa shape index (κ2) is 7.31. The van der Waals surface area contributed by atoms with E-state index in [-0.39, 0.29) is 6.73 Å². The number of hydrogen-bond donors (Lipinski definition) is 3. The second-order valence-electron chi connectivity index (χ2n) is 5.14. The van der Waals surface area contributed by atoms with Gasteiger partial charge in [0.05, 0.1) is 0 Å². The summed E-state index contributed by atoms with van der Waals surface area (Å²) >= 11 is 0. The van der Waals surface area contributed by atoms with Crippen molar-refractivity contribution in [1.29, 1.82) is 0 Å². The molecule has 120 valence electrons. The summed E-state index contributed by atoms with van der Waals surface area (Å²) in [7, 11) is 0. The number of rotatable bonds is 4. The minimum atomic E-state index is -0.628. The van der Waals surface area contributed by atoms with Crippen LogP contribution in [0.2, 0.25) is 0 Å². The molecule has 0 unspecified atom stereocenters. The fourth-order valence-electron chi connectivity index (χ4n) is 1.99. The number of imide groups is 1. The lowest BCUT2D eigenvalue weighted by atomic mass is 10.1. The summed E-state index contributed by atoms with van der Waals surface area (Å²) in [5.74, 6) is 0.176. The highest BCUT2D eigenvalue weighted by Gasteiger charge is 2.09. The zero-order chi connectivity index (χ0) is 16.8. The van der Waals surface area contributed by atoms with Crippen molar-refractivity contribution in [3.8, 4) is 5.75 Å². The van der Waals surface area contributed by atoms with Crippen LogP contribution in [-0.4, -0.2) is 18.7 Å². The average Bonchev–Trinajstić information content (AvgIpc) is 2.50. The number of carbonyl (C=O) groups is 2. The number of carbonyl (C=O) groups excluding carboxylic acids is 2. The van der Waals surface area contributed by atoms with Crippen molar-refractivity contribution in [1.82, 2.24) is 10.6 Å². The number of urea groups is 1. The van der Waals surface area contributed by atoms with Gasteiger partial charge in [-0.1, -0.05) is 17.7 Å². The van der Waals surface area contributed by atoms with Crippen molar-refractivity contribution in [3.63, 3.8) is 0 Å². The molecule has 0 aliphatic rings. The summed E-state index contributed by atoms with van der Waals surface area (Å²) in [6, 6.07) is 11.4. The number of aryl methyl sites for hydroxylation is 2. The van der Waals surface area contributed by atoms with Gasteiger partial charge < -0.3 is 15.8 Å². The number of benzene rings is 2. The zero-order valence-electron chi connectivity index (χ0n) is 13.1. The first-order chi connectivity index (χ1) is 11.0. The van der Waals surface area contributed by atoms with E-state index in [1.165, 1.54) is 0 Å². The normalized spacial score (nSPS) is 10.0. The zero-order valence-corrected chi connectivity index (χ0v) is 13.1. The molecule has 6 heteroatoms. The predicted molar refractivity (Wildman–Crippen MR) is 88.3 cm³/mol. The third kappa shape index (κ3) is 4.74. The molecule has 0 aliphatic carbocycles. The van der Waals surface area contributed by atoms with Gasteiger partial charge in [0.2, 0.25) is 0 Å². The minimum Gasteiger partial charge on any atom is -0.473 e. The van der Waals surface area contributed by atoms with Crippen LogP contribution in [0.15, 0.2) is 42.5 Å². The molecular weight excluding hydrogens is 294 g/mol. The molecular formula is C17H19N3O3. The Balaban J connectivity index is 1.81. The van der Waals surface area contributed by atoms with E-state index in [2.05, 4.69) is 10.6 Å². The van der Waals surface area contributed by atoms with Gasteiger partial charge >= 0.3 is 6.03 Å². The molecule has 23 heavy (non-hydrogen) atoms. The SMILES string of the molecule is Cc1ccc(OCNC(=O)NC(=O)c2ccc(N)cc2)c(C)c1. The van der Waals surface area contributed by atoms with Crippen molar-refractivity contribution in [3.05, 3.63) is 59.2 Å². The Bertz CT molecular complexity index is 712. The fraction of sp³-hybridized carbons (Fsp3) is 0.176. The molecule has 0 aromatic heterocycles. The van der Waals surface area contributed by atoms with Gasteiger partial charge in [0.1, 0.15) is 5.75 Å². The quantitative estimate of drug-likeness (QED) is 0.596. The number of amides is 3. The van der Waals surface area contributed by atoms with Gasteiger partial charge in [0, 0.05) is 11.3 Å². The Morgan fingerprint density at radius 1 is 1.09 bits per heavy atom. The number of nitrogens with one attached hydrogen (secondary N) is 2. The van der Waals surface area contributed by atoms with Crippen molar-refractivity contribution in [2.75, 3.05) is 12.5 Å². The third-order valence-electron chi connectivity index (χ3n) is 3.19. The predicted octanol–water partition coefficient (Wildman–Crippen LogP) is 2.36. The van der Waals surface area contributed by atoms with Crippen LogP contribution in [0.4, 0.5) is 10.5 Å². The number of ether oxygens (including phenoxy) is 1.